The van der Waals surface area contributed by atoms with E-state index < -0.39 is 9.84 Å². The van der Waals surface area contributed by atoms with Gasteiger partial charge in [0.2, 0.25) is 5.91 Å². The number of amides is 1. The third-order valence-corrected chi connectivity index (χ3v) is 6.15. The summed E-state index contributed by atoms with van der Waals surface area (Å²) >= 11 is 0. The van der Waals surface area contributed by atoms with Crippen LogP contribution in [0.5, 0.6) is 0 Å². The average Bonchev–Trinajstić information content (AvgIpc) is 2.56. The first-order chi connectivity index (χ1) is 11.1. The van der Waals surface area contributed by atoms with Crippen LogP contribution in [0.3, 0.4) is 0 Å². The Hall–Kier alpha value is -1.60. The molecule has 0 spiro atoms. The number of anilines is 2. The summed E-state index contributed by atoms with van der Waals surface area (Å²) in [6.45, 7) is 2.97. The molecule has 23 heavy (non-hydrogen) atoms. The van der Waals surface area contributed by atoms with Crippen LogP contribution in [0.4, 0.5) is 11.4 Å². The fourth-order valence-corrected chi connectivity index (χ4v) is 4.54. The molecule has 1 aromatic carbocycles. The molecule has 2 fully saturated rings. The summed E-state index contributed by atoms with van der Waals surface area (Å²) in [5, 5.41) is 2.99. The molecule has 0 bridgehead atoms. The molecule has 0 atom stereocenters. The van der Waals surface area contributed by atoms with Crippen LogP contribution in [0.15, 0.2) is 24.3 Å². The predicted octanol–water partition coefficient (Wildman–Crippen LogP) is 1.29. The highest BCUT2D eigenvalue weighted by atomic mass is 32.2. The van der Waals surface area contributed by atoms with E-state index in [9.17, 15) is 13.2 Å². The van der Waals surface area contributed by atoms with Gasteiger partial charge in [-0.15, -0.1) is 0 Å². The summed E-state index contributed by atoms with van der Waals surface area (Å²) < 4.78 is 28.3. The number of sulfone groups is 1. The molecule has 7 heteroatoms. The topological polar surface area (TPSA) is 75.7 Å². The van der Waals surface area contributed by atoms with Gasteiger partial charge >= 0.3 is 0 Å². The Morgan fingerprint density at radius 2 is 1.78 bits per heavy atom. The van der Waals surface area contributed by atoms with Crippen molar-refractivity contribution < 1.29 is 17.9 Å². The lowest BCUT2D eigenvalue weighted by Gasteiger charge is -2.31. The molecule has 1 N–H and O–H groups in total. The van der Waals surface area contributed by atoms with Gasteiger partial charge in [0.1, 0.15) is 9.84 Å². The number of carbonyl (C=O) groups excluding carboxylic acids is 1. The van der Waals surface area contributed by atoms with E-state index >= 15 is 0 Å². The number of morpholine rings is 1. The van der Waals surface area contributed by atoms with Gasteiger partial charge in [0.05, 0.1) is 36.1 Å². The number of ether oxygens (including phenoxy) is 1. The highest BCUT2D eigenvalue weighted by Gasteiger charge is 2.29. The summed E-state index contributed by atoms with van der Waals surface area (Å²) in [5.41, 5.74) is 1.78. The van der Waals surface area contributed by atoms with Gasteiger partial charge in [-0.1, -0.05) is 12.1 Å². The largest absolute Gasteiger partial charge is 0.378 e. The Balaban J connectivity index is 1.69. The van der Waals surface area contributed by atoms with Gasteiger partial charge in [0.25, 0.3) is 0 Å². The van der Waals surface area contributed by atoms with Crippen molar-refractivity contribution in [2.24, 2.45) is 5.92 Å². The van der Waals surface area contributed by atoms with E-state index in [1.54, 1.807) is 0 Å². The normalized spacial score (nSPS) is 21.8. The van der Waals surface area contributed by atoms with E-state index in [0.717, 1.165) is 24.5 Å². The van der Waals surface area contributed by atoms with E-state index in [-0.39, 0.29) is 23.3 Å². The fraction of sp³-hybridized carbons (Fsp3) is 0.562. The molecule has 2 saturated heterocycles. The maximum Gasteiger partial charge on any atom is 0.227 e. The number of nitrogens with one attached hydrogen (secondary N) is 1. The van der Waals surface area contributed by atoms with Gasteiger partial charge in [-0.3, -0.25) is 4.79 Å². The van der Waals surface area contributed by atoms with Gasteiger partial charge in [0.15, 0.2) is 0 Å². The lowest BCUT2D eigenvalue weighted by atomic mass is 10.0. The number of hydrogen-bond acceptors (Lipinski definition) is 5. The van der Waals surface area contributed by atoms with E-state index in [4.69, 9.17) is 4.74 Å². The number of para-hydroxylation sites is 2. The van der Waals surface area contributed by atoms with E-state index in [1.807, 2.05) is 24.3 Å². The zero-order valence-electron chi connectivity index (χ0n) is 13.0. The van der Waals surface area contributed by atoms with Crippen molar-refractivity contribution in [2.45, 2.75) is 12.8 Å². The Bertz CT molecular complexity index is 654. The van der Waals surface area contributed by atoms with E-state index in [2.05, 4.69) is 10.2 Å². The van der Waals surface area contributed by atoms with Crippen molar-refractivity contribution in [1.82, 2.24) is 0 Å². The predicted molar refractivity (Wildman–Crippen MR) is 89.5 cm³/mol. The Labute approximate surface area is 136 Å². The Kier molecular flexibility index (Phi) is 4.87. The number of rotatable bonds is 3. The van der Waals surface area contributed by atoms with Crippen LogP contribution in [-0.4, -0.2) is 52.1 Å². The van der Waals surface area contributed by atoms with Crippen LogP contribution in [0.25, 0.3) is 0 Å². The van der Waals surface area contributed by atoms with Crippen molar-refractivity contribution in [3.05, 3.63) is 24.3 Å². The van der Waals surface area contributed by atoms with Crippen LogP contribution in [0.1, 0.15) is 12.8 Å². The summed E-state index contributed by atoms with van der Waals surface area (Å²) in [5.74, 6) is -0.0938. The second-order valence-electron chi connectivity index (χ2n) is 6.03. The zero-order valence-corrected chi connectivity index (χ0v) is 13.8. The molecular formula is C16H22N2O4S. The van der Waals surface area contributed by atoms with Crippen LogP contribution in [-0.2, 0) is 19.4 Å². The molecule has 2 aliphatic rings. The number of nitrogens with zero attached hydrogens (tertiary/aromatic N) is 1. The lowest BCUT2D eigenvalue weighted by molar-refractivity contribution is -0.120. The molecule has 0 radical (unpaired) electrons. The van der Waals surface area contributed by atoms with Gasteiger partial charge in [-0.05, 0) is 25.0 Å². The SMILES string of the molecule is O=C(Nc1ccccc1N1CCOCC1)C1CCS(=O)(=O)CC1. The van der Waals surface area contributed by atoms with Crippen LogP contribution >= 0.6 is 0 Å². The van der Waals surface area contributed by atoms with Crippen LogP contribution in [0, 0.1) is 5.92 Å². The molecule has 1 aromatic rings. The number of hydrogen-bond donors (Lipinski definition) is 1. The molecule has 1 amide bonds. The minimum atomic E-state index is -2.95. The fourth-order valence-electron chi connectivity index (χ4n) is 3.05. The van der Waals surface area contributed by atoms with Gasteiger partial charge in [-0.2, -0.15) is 0 Å². The Morgan fingerprint density at radius 1 is 1.13 bits per heavy atom. The highest BCUT2D eigenvalue weighted by molar-refractivity contribution is 7.91. The second kappa shape index (κ2) is 6.88. The molecule has 126 valence electrons. The first kappa shape index (κ1) is 16.3. The standard InChI is InChI=1S/C16H22N2O4S/c19-16(13-5-11-23(20,21)12-6-13)17-14-3-1-2-4-15(14)18-7-9-22-10-8-18/h1-4,13H,5-12H2,(H,17,19). The van der Waals surface area contributed by atoms with Gasteiger partial charge in [0, 0.05) is 19.0 Å². The van der Waals surface area contributed by atoms with Gasteiger partial charge in [-0.25, -0.2) is 8.42 Å². The van der Waals surface area contributed by atoms with Gasteiger partial charge < -0.3 is 15.0 Å². The molecular weight excluding hydrogens is 316 g/mol. The molecule has 2 heterocycles. The quantitative estimate of drug-likeness (QED) is 0.899. The molecule has 2 aliphatic heterocycles. The third kappa shape index (κ3) is 4.03. The molecule has 6 nitrogen and oxygen atoms in total. The van der Waals surface area contributed by atoms with E-state index in [1.165, 1.54) is 0 Å². The Morgan fingerprint density at radius 3 is 2.48 bits per heavy atom. The lowest BCUT2D eigenvalue weighted by Crippen LogP contribution is -2.37. The minimum Gasteiger partial charge on any atom is -0.378 e. The highest BCUT2D eigenvalue weighted by Crippen LogP contribution is 2.28. The summed E-state index contributed by atoms with van der Waals surface area (Å²) in [6.07, 6.45) is 0.821. The maximum atomic E-state index is 12.5. The molecule has 3 rings (SSSR count). The monoisotopic (exact) mass is 338 g/mol. The summed E-state index contributed by atoms with van der Waals surface area (Å²) in [6, 6.07) is 7.73. The third-order valence-electron chi connectivity index (χ3n) is 4.44. The minimum absolute atomic E-state index is 0.0828. The number of carbonyl (C=O) groups is 1. The smallest absolute Gasteiger partial charge is 0.227 e. The number of benzene rings is 1. The van der Waals surface area contributed by atoms with Crippen molar-refractivity contribution >= 4 is 27.1 Å². The molecule has 0 saturated carbocycles. The van der Waals surface area contributed by atoms with Crippen molar-refractivity contribution in [2.75, 3.05) is 48.0 Å². The second-order valence-corrected chi connectivity index (χ2v) is 8.34. The average molecular weight is 338 g/mol. The van der Waals surface area contributed by atoms with Crippen molar-refractivity contribution in [3.8, 4) is 0 Å². The van der Waals surface area contributed by atoms with Crippen LogP contribution < -0.4 is 10.2 Å². The maximum absolute atomic E-state index is 12.5. The van der Waals surface area contributed by atoms with Crippen LogP contribution in [0.2, 0.25) is 0 Å². The summed E-state index contributed by atoms with van der Waals surface area (Å²) in [7, 11) is -2.95. The van der Waals surface area contributed by atoms with E-state index in [0.29, 0.717) is 26.1 Å². The molecule has 0 unspecified atom stereocenters. The first-order valence-electron chi connectivity index (χ1n) is 7.98. The van der Waals surface area contributed by atoms with Crippen molar-refractivity contribution in [1.29, 1.82) is 0 Å². The molecule has 0 aromatic heterocycles. The zero-order chi connectivity index (χ0) is 16.3. The molecule has 0 aliphatic carbocycles. The van der Waals surface area contributed by atoms with Crippen molar-refractivity contribution in [3.63, 3.8) is 0 Å². The summed E-state index contributed by atoms with van der Waals surface area (Å²) in [4.78, 5) is 14.7. The first-order valence-corrected chi connectivity index (χ1v) is 9.80.